The van der Waals surface area contributed by atoms with Crippen molar-refractivity contribution in [3.63, 3.8) is 0 Å². The molecule has 0 spiro atoms. The first-order valence-electron chi connectivity index (χ1n) is 6.90. The van der Waals surface area contributed by atoms with Crippen molar-refractivity contribution >= 4 is 27.5 Å². The molecule has 3 rings (SSSR count). The van der Waals surface area contributed by atoms with Gasteiger partial charge in [-0.15, -0.1) is 0 Å². The van der Waals surface area contributed by atoms with Crippen LogP contribution in [0.25, 0.3) is 0 Å². The van der Waals surface area contributed by atoms with E-state index < -0.39 is 0 Å². The maximum absolute atomic E-state index is 6.19. The van der Waals surface area contributed by atoms with Crippen LogP contribution in [0, 0.1) is 0 Å². The Balaban J connectivity index is 1.78. The van der Waals surface area contributed by atoms with Crippen LogP contribution in [-0.2, 0) is 6.54 Å². The van der Waals surface area contributed by atoms with Crippen molar-refractivity contribution in [3.05, 3.63) is 51.2 Å². The number of aromatic nitrogens is 2. The van der Waals surface area contributed by atoms with Crippen LogP contribution < -0.4 is 0 Å². The highest BCUT2D eigenvalue weighted by atomic mass is 79.9. The van der Waals surface area contributed by atoms with Crippen molar-refractivity contribution in [1.29, 1.82) is 0 Å². The lowest BCUT2D eigenvalue weighted by atomic mass is 9.97. The summed E-state index contributed by atoms with van der Waals surface area (Å²) >= 11 is 9.63. The summed E-state index contributed by atoms with van der Waals surface area (Å²) in [6.45, 7) is 2.06. The number of H-pyrrole nitrogens is 1. The molecule has 1 aliphatic heterocycles. The first kappa shape index (κ1) is 14.1. The second-order valence-electron chi connectivity index (χ2n) is 5.26. The minimum atomic E-state index is 0.463. The van der Waals surface area contributed by atoms with Gasteiger partial charge in [0.05, 0.1) is 11.2 Å². The van der Waals surface area contributed by atoms with Crippen LogP contribution in [-0.4, -0.2) is 21.6 Å². The average molecular weight is 355 g/mol. The zero-order valence-corrected chi connectivity index (χ0v) is 13.5. The minimum absolute atomic E-state index is 0.463. The SMILES string of the molecule is Clc1cc(CN2CCCCC2c2cn[nH]c2)ccc1Br. The van der Waals surface area contributed by atoms with E-state index in [1.54, 1.807) is 0 Å². The standard InChI is InChI=1S/C15H17BrClN3/c16-13-5-4-11(7-14(13)17)10-20-6-2-1-3-15(20)12-8-18-19-9-12/h4-5,7-9,15H,1-3,6,10H2,(H,18,19). The lowest BCUT2D eigenvalue weighted by Gasteiger charge is -2.35. The normalized spacial score (nSPS) is 20.2. The first-order chi connectivity index (χ1) is 9.74. The Labute approximate surface area is 132 Å². The van der Waals surface area contributed by atoms with Crippen molar-refractivity contribution in [2.75, 3.05) is 6.54 Å². The second-order valence-corrected chi connectivity index (χ2v) is 6.52. The van der Waals surface area contributed by atoms with Crippen LogP contribution in [0.5, 0.6) is 0 Å². The third-order valence-electron chi connectivity index (χ3n) is 3.89. The van der Waals surface area contributed by atoms with Gasteiger partial charge < -0.3 is 0 Å². The molecule has 1 N–H and O–H groups in total. The number of likely N-dealkylation sites (tertiary alicyclic amines) is 1. The topological polar surface area (TPSA) is 31.9 Å². The van der Waals surface area contributed by atoms with Crippen molar-refractivity contribution in [1.82, 2.24) is 15.1 Å². The molecule has 0 amide bonds. The Kier molecular flexibility index (Phi) is 4.44. The van der Waals surface area contributed by atoms with Crippen molar-refractivity contribution in [3.8, 4) is 0 Å². The van der Waals surface area contributed by atoms with Gasteiger partial charge in [-0.1, -0.05) is 24.1 Å². The molecule has 1 aliphatic rings. The molecule has 2 aromatic rings. The van der Waals surface area contributed by atoms with Gasteiger partial charge in [0, 0.05) is 28.8 Å². The zero-order valence-electron chi connectivity index (χ0n) is 11.1. The van der Waals surface area contributed by atoms with Crippen LogP contribution in [0.1, 0.15) is 36.4 Å². The predicted molar refractivity (Wildman–Crippen MR) is 84.7 cm³/mol. The van der Waals surface area contributed by atoms with Gasteiger partial charge in [-0.2, -0.15) is 5.10 Å². The van der Waals surface area contributed by atoms with Crippen LogP contribution in [0.2, 0.25) is 5.02 Å². The molecule has 1 aromatic heterocycles. The van der Waals surface area contributed by atoms with E-state index in [1.165, 1.54) is 30.4 Å². The molecule has 1 unspecified atom stereocenters. The van der Waals surface area contributed by atoms with E-state index in [4.69, 9.17) is 11.6 Å². The quantitative estimate of drug-likeness (QED) is 0.876. The number of hydrogen-bond donors (Lipinski definition) is 1. The fourth-order valence-electron chi connectivity index (χ4n) is 2.87. The summed E-state index contributed by atoms with van der Waals surface area (Å²) in [6, 6.07) is 6.67. The molecule has 3 nitrogen and oxygen atoms in total. The number of benzene rings is 1. The number of nitrogens with zero attached hydrogens (tertiary/aromatic N) is 2. The molecular weight excluding hydrogens is 338 g/mol. The van der Waals surface area contributed by atoms with Crippen molar-refractivity contribution in [2.45, 2.75) is 31.8 Å². The van der Waals surface area contributed by atoms with E-state index in [1.807, 2.05) is 24.5 Å². The Morgan fingerprint density at radius 1 is 1.40 bits per heavy atom. The maximum atomic E-state index is 6.19. The van der Waals surface area contributed by atoms with Crippen molar-refractivity contribution < 1.29 is 0 Å². The summed E-state index contributed by atoms with van der Waals surface area (Å²) < 4.78 is 0.952. The monoisotopic (exact) mass is 353 g/mol. The number of piperidine rings is 1. The summed E-state index contributed by atoms with van der Waals surface area (Å²) in [6.07, 6.45) is 7.70. The van der Waals surface area contributed by atoms with Gasteiger partial charge in [-0.05, 0) is 53.0 Å². The van der Waals surface area contributed by atoms with E-state index in [0.717, 1.165) is 22.6 Å². The summed E-state index contributed by atoms with van der Waals surface area (Å²) in [5.41, 5.74) is 2.54. The molecule has 2 heterocycles. The molecule has 1 fully saturated rings. The molecule has 0 radical (unpaired) electrons. The molecule has 1 saturated heterocycles. The largest absolute Gasteiger partial charge is 0.292 e. The van der Waals surface area contributed by atoms with Gasteiger partial charge in [-0.3, -0.25) is 10.00 Å². The fraction of sp³-hybridized carbons (Fsp3) is 0.400. The summed E-state index contributed by atoms with van der Waals surface area (Å²) in [5, 5.41) is 7.79. The zero-order chi connectivity index (χ0) is 13.9. The highest BCUT2D eigenvalue weighted by Gasteiger charge is 2.24. The van der Waals surface area contributed by atoms with Crippen LogP contribution in [0.3, 0.4) is 0 Å². The number of nitrogens with one attached hydrogen (secondary N) is 1. The average Bonchev–Trinajstić information content (AvgIpc) is 2.97. The number of rotatable bonds is 3. The van der Waals surface area contributed by atoms with Gasteiger partial charge in [-0.25, -0.2) is 0 Å². The number of aromatic amines is 1. The number of hydrogen-bond acceptors (Lipinski definition) is 2. The molecule has 1 atom stereocenters. The molecule has 106 valence electrons. The molecule has 5 heteroatoms. The Morgan fingerprint density at radius 2 is 2.30 bits per heavy atom. The van der Waals surface area contributed by atoms with Crippen molar-refractivity contribution in [2.24, 2.45) is 0 Å². The van der Waals surface area contributed by atoms with Gasteiger partial charge in [0.2, 0.25) is 0 Å². The van der Waals surface area contributed by atoms with Gasteiger partial charge in [0.25, 0.3) is 0 Å². The van der Waals surface area contributed by atoms with E-state index in [2.05, 4.69) is 37.1 Å². The van der Waals surface area contributed by atoms with Gasteiger partial charge in [0.1, 0.15) is 0 Å². The molecule has 0 bridgehead atoms. The first-order valence-corrected chi connectivity index (χ1v) is 8.08. The summed E-state index contributed by atoms with van der Waals surface area (Å²) in [4.78, 5) is 2.52. The van der Waals surface area contributed by atoms with Gasteiger partial charge >= 0.3 is 0 Å². The Hall–Kier alpha value is -0.840. The third kappa shape index (κ3) is 3.08. The highest BCUT2D eigenvalue weighted by molar-refractivity contribution is 9.10. The van der Waals surface area contributed by atoms with E-state index in [9.17, 15) is 0 Å². The predicted octanol–water partition coefficient (Wildman–Crippen LogP) is 4.55. The van der Waals surface area contributed by atoms with Crippen LogP contribution >= 0.6 is 27.5 Å². The van der Waals surface area contributed by atoms with Gasteiger partial charge in [0.15, 0.2) is 0 Å². The highest BCUT2D eigenvalue weighted by Crippen LogP contribution is 2.32. The van der Waals surface area contributed by atoms with E-state index in [0.29, 0.717) is 6.04 Å². The Bertz CT molecular complexity index is 571. The van der Waals surface area contributed by atoms with E-state index >= 15 is 0 Å². The Morgan fingerprint density at radius 3 is 3.05 bits per heavy atom. The van der Waals surface area contributed by atoms with Crippen LogP contribution in [0.15, 0.2) is 35.1 Å². The molecule has 1 aromatic carbocycles. The third-order valence-corrected chi connectivity index (χ3v) is 5.12. The molecule has 20 heavy (non-hydrogen) atoms. The van der Waals surface area contributed by atoms with Crippen LogP contribution in [0.4, 0.5) is 0 Å². The lowest BCUT2D eigenvalue weighted by Crippen LogP contribution is -2.32. The smallest absolute Gasteiger partial charge is 0.0551 e. The summed E-state index contributed by atoms with van der Waals surface area (Å²) in [5.74, 6) is 0. The minimum Gasteiger partial charge on any atom is -0.292 e. The maximum Gasteiger partial charge on any atom is 0.0551 e. The second kappa shape index (κ2) is 6.29. The van der Waals surface area contributed by atoms with E-state index in [-0.39, 0.29) is 0 Å². The number of halogens is 2. The molecular formula is C15H17BrClN3. The fourth-order valence-corrected chi connectivity index (χ4v) is 3.32. The molecule has 0 aliphatic carbocycles. The lowest BCUT2D eigenvalue weighted by molar-refractivity contribution is 0.140. The summed E-state index contributed by atoms with van der Waals surface area (Å²) in [7, 11) is 0. The molecule has 0 saturated carbocycles.